The summed E-state index contributed by atoms with van der Waals surface area (Å²) in [5.41, 5.74) is 2.43. The standard InChI is InChI=1S/C25H35N7O/c33-22-7-6-20-23(29-22)26-17-27-25(20)31-12-8-19(9-13-31)24-28-21(18-4-3-5-18)16-32(24)15-14-30-10-1-2-11-30/h16-19H,1-15H2,(H,26,27,29,33). The molecular weight excluding hydrogens is 414 g/mol. The van der Waals surface area contributed by atoms with E-state index in [1.165, 1.54) is 56.7 Å². The van der Waals surface area contributed by atoms with E-state index in [4.69, 9.17) is 4.98 Å². The first-order valence-electron chi connectivity index (χ1n) is 12.9. The number of carbonyl (C=O) groups is 1. The molecule has 1 aliphatic carbocycles. The van der Waals surface area contributed by atoms with Crippen molar-refractivity contribution in [3.63, 3.8) is 0 Å². The Morgan fingerprint density at radius 2 is 1.73 bits per heavy atom. The van der Waals surface area contributed by atoms with E-state index in [1.807, 2.05) is 0 Å². The molecule has 0 radical (unpaired) electrons. The second kappa shape index (κ2) is 9.05. The molecule has 3 aliphatic heterocycles. The first-order valence-corrected chi connectivity index (χ1v) is 12.9. The van der Waals surface area contributed by atoms with Crippen molar-refractivity contribution in [3.05, 3.63) is 29.6 Å². The van der Waals surface area contributed by atoms with Crippen molar-refractivity contribution in [3.8, 4) is 0 Å². The summed E-state index contributed by atoms with van der Waals surface area (Å²) in [5.74, 6) is 4.25. The van der Waals surface area contributed by atoms with Crippen molar-refractivity contribution in [2.75, 3.05) is 42.9 Å². The molecule has 1 saturated carbocycles. The maximum absolute atomic E-state index is 11.8. The third-order valence-electron chi connectivity index (χ3n) is 8.15. The van der Waals surface area contributed by atoms with Gasteiger partial charge >= 0.3 is 0 Å². The number of nitrogens with zero attached hydrogens (tertiary/aromatic N) is 6. The minimum Gasteiger partial charge on any atom is -0.356 e. The van der Waals surface area contributed by atoms with E-state index in [9.17, 15) is 4.79 Å². The quantitative estimate of drug-likeness (QED) is 0.729. The Labute approximate surface area is 195 Å². The summed E-state index contributed by atoms with van der Waals surface area (Å²) >= 11 is 0. The number of carbonyl (C=O) groups excluding carboxylic acids is 1. The molecule has 4 aliphatic rings. The molecular formula is C25H35N7O. The Hall–Kier alpha value is -2.48. The molecule has 6 rings (SSSR count). The third kappa shape index (κ3) is 4.25. The normalized spacial score (nSPS) is 22.3. The summed E-state index contributed by atoms with van der Waals surface area (Å²) in [6.07, 6.45) is 14.0. The number of likely N-dealkylation sites (tertiary alicyclic amines) is 1. The van der Waals surface area contributed by atoms with Crippen LogP contribution in [0.2, 0.25) is 0 Å². The third-order valence-corrected chi connectivity index (χ3v) is 8.15. The van der Waals surface area contributed by atoms with Crippen LogP contribution in [0.15, 0.2) is 12.5 Å². The molecule has 3 fully saturated rings. The van der Waals surface area contributed by atoms with Gasteiger partial charge in [0.1, 0.15) is 23.8 Å². The lowest BCUT2D eigenvalue weighted by molar-refractivity contribution is -0.116. The Morgan fingerprint density at radius 1 is 0.909 bits per heavy atom. The van der Waals surface area contributed by atoms with Gasteiger partial charge in [-0.05, 0) is 58.0 Å². The number of imidazole rings is 1. The molecule has 0 atom stereocenters. The molecule has 0 spiro atoms. The van der Waals surface area contributed by atoms with Gasteiger partial charge in [-0.15, -0.1) is 0 Å². The molecule has 8 heteroatoms. The van der Waals surface area contributed by atoms with Crippen LogP contribution in [0.3, 0.4) is 0 Å². The Balaban J connectivity index is 1.16. The van der Waals surface area contributed by atoms with Gasteiger partial charge in [-0.25, -0.2) is 15.0 Å². The van der Waals surface area contributed by atoms with Crippen molar-refractivity contribution >= 4 is 17.5 Å². The molecule has 0 unspecified atom stereocenters. The Morgan fingerprint density at radius 3 is 2.48 bits per heavy atom. The monoisotopic (exact) mass is 449 g/mol. The summed E-state index contributed by atoms with van der Waals surface area (Å²) in [5, 5.41) is 2.91. The van der Waals surface area contributed by atoms with Crippen LogP contribution in [0.4, 0.5) is 11.6 Å². The van der Waals surface area contributed by atoms with Crippen molar-refractivity contribution in [1.29, 1.82) is 0 Å². The number of hydrogen-bond acceptors (Lipinski definition) is 6. The zero-order valence-corrected chi connectivity index (χ0v) is 19.5. The molecule has 5 heterocycles. The second-order valence-electron chi connectivity index (χ2n) is 10.2. The summed E-state index contributed by atoms with van der Waals surface area (Å²) in [6, 6.07) is 0. The highest BCUT2D eigenvalue weighted by atomic mass is 16.1. The van der Waals surface area contributed by atoms with Crippen molar-refractivity contribution in [2.45, 2.75) is 76.2 Å². The first kappa shape index (κ1) is 21.1. The van der Waals surface area contributed by atoms with Gasteiger partial charge in [-0.1, -0.05) is 6.42 Å². The molecule has 2 aromatic heterocycles. The van der Waals surface area contributed by atoms with Crippen molar-refractivity contribution < 1.29 is 4.79 Å². The van der Waals surface area contributed by atoms with Crippen LogP contribution in [0.25, 0.3) is 0 Å². The van der Waals surface area contributed by atoms with Crippen molar-refractivity contribution in [1.82, 2.24) is 24.4 Å². The molecule has 2 aromatic rings. The average molecular weight is 450 g/mol. The number of nitrogens with one attached hydrogen (secondary N) is 1. The SMILES string of the molecule is O=C1CCc2c(ncnc2N2CCC(c3nc(C4CCC4)cn3CCN3CCCC3)CC2)N1. The molecule has 1 amide bonds. The molecule has 1 N–H and O–H groups in total. The van der Waals surface area contributed by atoms with Gasteiger partial charge in [0.15, 0.2) is 0 Å². The summed E-state index contributed by atoms with van der Waals surface area (Å²) in [4.78, 5) is 30.9. The van der Waals surface area contributed by atoms with Crippen LogP contribution in [0, 0.1) is 0 Å². The zero-order chi connectivity index (χ0) is 22.2. The highest BCUT2D eigenvalue weighted by Gasteiger charge is 2.30. The van der Waals surface area contributed by atoms with Crippen molar-refractivity contribution in [2.24, 2.45) is 0 Å². The smallest absolute Gasteiger partial charge is 0.225 e. The fraction of sp³-hybridized carbons (Fsp3) is 0.680. The van der Waals surface area contributed by atoms with Crippen LogP contribution in [-0.2, 0) is 17.8 Å². The van der Waals surface area contributed by atoms with E-state index in [2.05, 4.69) is 35.8 Å². The van der Waals surface area contributed by atoms with Crippen LogP contribution in [-0.4, -0.2) is 63.0 Å². The van der Waals surface area contributed by atoms with Gasteiger partial charge in [0.25, 0.3) is 0 Å². The molecule has 176 valence electrons. The average Bonchev–Trinajstić information content (AvgIpc) is 3.46. The summed E-state index contributed by atoms with van der Waals surface area (Å²) < 4.78 is 2.49. The first-order chi connectivity index (χ1) is 16.2. The lowest BCUT2D eigenvalue weighted by Gasteiger charge is -2.34. The van der Waals surface area contributed by atoms with Gasteiger partial charge in [0.05, 0.1) is 5.69 Å². The van der Waals surface area contributed by atoms with Gasteiger partial charge in [0.2, 0.25) is 5.91 Å². The zero-order valence-electron chi connectivity index (χ0n) is 19.5. The van der Waals surface area contributed by atoms with E-state index in [0.717, 1.165) is 56.8 Å². The lowest BCUT2D eigenvalue weighted by Crippen LogP contribution is -2.36. The summed E-state index contributed by atoms with van der Waals surface area (Å²) in [6.45, 7) is 6.66. The van der Waals surface area contributed by atoms with Gasteiger partial charge in [-0.3, -0.25) is 4.79 Å². The number of fused-ring (bicyclic) bond motifs is 1. The lowest BCUT2D eigenvalue weighted by atomic mass is 9.83. The van der Waals surface area contributed by atoms with Gasteiger partial charge in [0, 0.05) is 56.2 Å². The van der Waals surface area contributed by atoms with Crippen LogP contribution >= 0.6 is 0 Å². The van der Waals surface area contributed by atoms with E-state index < -0.39 is 0 Å². The van der Waals surface area contributed by atoms with E-state index in [-0.39, 0.29) is 5.91 Å². The maximum Gasteiger partial charge on any atom is 0.225 e. The minimum atomic E-state index is 0.0499. The van der Waals surface area contributed by atoms with Crippen LogP contribution in [0.5, 0.6) is 0 Å². The van der Waals surface area contributed by atoms with E-state index in [0.29, 0.717) is 24.1 Å². The van der Waals surface area contributed by atoms with E-state index >= 15 is 0 Å². The number of rotatable bonds is 6. The molecule has 0 aromatic carbocycles. The maximum atomic E-state index is 11.8. The van der Waals surface area contributed by atoms with Gasteiger partial charge in [-0.2, -0.15) is 0 Å². The number of anilines is 2. The second-order valence-corrected chi connectivity index (χ2v) is 10.2. The van der Waals surface area contributed by atoms with Gasteiger partial charge < -0.3 is 19.7 Å². The number of piperidine rings is 1. The molecule has 33 heavy (non-hydrogen) atoms. The van der Waals surface area contributed by atoms with Crippen LogP contribution < -0.4 is 10.2 Å². The number of amides is 1. The predicted octanol–water partition coefficient (Wildman–Crippen LogP) is 3.31. The molecule has 2 saturated heterocycles. The predicted molar refractivity (Wildman–Crippen MR) is 128 cm³/mol. The van der Waals surface area contributed by atoms with E-state index in [1.54, 1.807) is 6.33 Å². The topological polar surface area (TPSA) is 79.2 Å². The highest BCUT2D eigenvalue weighted by Crippen LogP contribution is 2.38. The number of aromatic nitrogens is 4. The highest BCUT2D eigenvalue weighted by molar-refractivity contribution is 5.93. The Kier molecular flexibility index (Phi) is 5.78. The fourth-order valence-corrected chi connectivity index (χ4v) is 5.91. The fourth-order valence-electron chi connectivity index (χ4n) is 5.91. The number of hydrogen-bond donors (Lipinski definition) is 1. The van der Waals surface area contributed by atoms with Crippen LogP contribution in [0.1, 0.15) is 80.3 Å². The largest absolute Gasteiger partial charge is 0.356 e. The minimum absolute atomic E-state index is 0.0499. The Bertz CT molecular complexity index is 1000. The molecule has 8 nitrogen and oxygen atoms in total. The summed E-state index contributed by atoms with van der Waals surface area (Å²) in [7, 11) is 0. The molecule has 0 bridgehead atoms.